The molecule has 2 aliphatic rings. The summed E-state index contributed by atoms with van der Waals surface area (Å²) < 4.78 is 23.5. The van der Waals surface area contributed by atoms with E-state index in [2.05, 4.69) is 0 Å². The first kappa shape index (κ1) is 13.0. The lowest BCUT2D eigenvalue weighted by atomic mass is 10.1. The van der Waals surface area contributed by atoms with Crippen LogP contribution in [-0.4, -0.2) is 41.3 Å². The van der Waals surface area contributed by atoms with E-state index in [0.29, 0.717) is 5.17 Å². The number of benzene rings is 1. The molecule has 0 amide bonds. The zero-order valence-corrected chi connectivity index (χ0v) is 12.2. The summed E-state index contributed by atoms with van der Waals surface area (Å²) in [5.41, 5.74) is 1.12. The Labute approximate surface area is 117 Å². The molecule has 2 heterocycles. The Morgan fingerprint density at radius 3 is 2.68 bits per heavy atom. The molecule has 2 aliphatic heterocycles. The molecule has 2 saturated heterocycles. The highest BCUT2D eigenvalue weighted by Crippen LogP contribution is 2.41. The molecule has 0 aliphatic carbocycles. The lowest BCUT2D eigenvalue weighted by Crippen LogP contribution is -2.38. The lowest BCUT2D eigenvalue weighted by Gasteiger charge is -2.30. The number of hydrogen-bond acceptors (Lipinski definition) is 4. The number of hydrogen-bond donors (Lipinski definition) is 1. The fourth-order valence-corrected chi connectivity index (χ4v) is 6.75. The highest BCUT2D eigenvalue weighted by molar-refractivity contribution is 8.15. The molecule has 0 bridgehead atoms. The minimum absolute atomic E-state index is 0.0312. The van der Waals surface area contributed by atoms with Crippen molar-refractivity contribution in [2.45, 2.75) is 24.3 Å². The summed E-state index contributed by atoms with van der Waals surface area (Å²) in [7, 11) is -2.94. The number of rotatable bonds is 2. The van der Waals surface area contributed by atoms with Gasteiger partial charge in [-0.05, 0) is 12.5 Å². The summed E-state index contributed by atoms with van der Waals surface area (Å²) in [6.07, 6.45) is 0. The van der Waals surface area contributed by atoms with E-state index in [1.807, 2.05) is 42.2 Å². The molecular weight excluding hydrogens is 280 g/mol. The van der Waals surface area contributed by atoms with Gasteiger partial charge in [0.15, 0.2) is 15.0 Å². The van der Waals surface area contributed by atoms with E-state index >= 15 is 0 Å². The zero-order valence-electron chi connectivity index (χ0n) is 10.6. The van der Waals surface area contributed by atoms with Gasteiger partial charge >= 0.3 is 0 Å². The molecule has 4 nitrogen and oxygen atoms in total. The van der Waals surface area contributed by atoms with E-state index in [1.165, 1.54) is 11.8 Å². The van der Waals surface area contributed by atoms with Crippen LogP contribution in [0.2, 0.25) is 0 Å². The molecule has 0 spiro atoms. The molecule has 0 aromatic heterocycles. The summed E-state index contributed by atoms with van der Waals surface area (Å²) in [6, 6.07) is 9.97. The summed E-state index contributed by atoms with van der Waals surface area (Å²) in [4.78, 5) is 1.97. The van der Waals surface area contributed by atoms with Crippen molar-refractivity contribution < 1.29 is 8.42 Å². The predicted octanol–water partition coefficient (Wildman–Crippen LogP) is 1.90. The second-order valence-corrected chi connectivity index (χ2v) is 8.48. The molecular formula is C13H16N2O2S2. The summed E-state index contributed by atoms with van der Waals surface area (Å²) in [5.74, 6) is 0.396. The molecule has 1 aromatic rings. The Bertz CT molecular complexity index is 600. The molecule has 1 aromatic carbocycles. The SMILES string of the molecule is C[C@H](c1ccccc1)N1C(=N)S[C@H]2CS(=O)(=O)C[C@H]21. The average Bonchev–Trinajstić information content (AvgIpc) is 2.79. The van der Waals surface area contributed by atoms with E-state index in [-0.39, 0.29) is 28.8 Å². The lowest BCUT2D eigenvalue weighted by molar-refractivity contribution is 0.287. The van der Waals surface area contributed by atoms with Crippen molar-refractivity contribution in [3.63, 3.8) is 0 Å². The molecule has 6 heteroatoms. The van der Waals surface area contributed by atoms with Gasteiger partial charge in [-0.1, -0.05) is 42.1 Å². The summed E-state index contributed by atoms with van der Waals surface area (Å²) in [6.45, 7) is 2.04. The molecule has 3 rings (SSSR count). The quantitative estimate of drug-likeness (QED) is 0.905. The van der Waals surface area contributed by atoms with Gasteiger partial charge in [0.25, 0.3) is 0 Å². The van der Waals surface area contributed by atoms with Crippen LogP contribution in [0.3, 0.4) is 0 Å². The van der Waals surface area contributed by atoms with E-state index in [4.69, 9.17) is 5.41 Å². The maximum Gasteiger partial charge on any atom is 0.157 e. The third kappa shape index (κ3) is 2.27. The number of thioether (sulfide) groups is 1. The first-order chi connectivity index (χ1) is 8.98. The molecule has 0 unspecified atom stereocenters. The first-order valence-corrected chi connectivity index (χ1v) is 8.97. The molecule has 102 valence electrons. The third-order valence-electron chi connectivity index (χ3n) is 3.83. The van der Waals surface area contributed by atoms with E-state index in [1.54, 1.807) is 0 Å². The largest absolute Gasteiger partial charge is 0.340 e. The summed E-state index contributed by atoms with van der Waals surface area (Å²) >= 11 is 1.40. The molecule has 2 fully saturated rings. The fourth-order valence-electron chi connectivity index (χ4n) is 2.88. The Kier molecular flexibility index (Phi) is 3.09. The maximum atomic E-state index is 11.7. The number of sulfone groups is 1. The van der Waals surface area contributed by atoms with Crippen molar-refractivity contribution in [2.24, 2.45) is 0 Å². The minimum atomic E-state index is -2.94. The Morgan fingerprint density at radius 2 is 2.00 bits per heavy atom. The van der Waals surface area contributed by atoms with Gasteiger partial charge in [0.05, 0.1) is 23.6 Å². The normalized spacial score (nSPS) is 30.4. The van der Waals surface area contributed by atoms with Gasteiger partial charge < -0.3 is 4.90 Å². The topological polar surface area (TPSA) is 61.2 Å². The Hall–Kier alpha value is -1.01. The van der Waals surface area contributed by atoms with Gasteiger partial charge in [-0.3, -0.25) is 5.41 Å². The van der Waals surface area contributed by atoms with Gasteiger partial charge in [-0.15, -0.1) is 0 Å². The number of amidine groups is 1. The second kappa shape index (κ2) is 4.52. The van der Waals surface area contributed by atoms with Crippen LogP contribution in [0, 0.1) is 5.41 Å². The van der Waals surface area contributed by atoms with Gasteiger partial charge in [0.1, 0.15) is 0 Å². The highest BCUT2D eigenvalue weighted by atomic mass is 32.2. The standard InChI is InChI=1S/C13H16N2O2S2/c1-9(10-5-3-2-4-6-10)15-11-7-19(16,17)8-12(11)18-13(15)14/h2-6,9,11-12,14H,7-8H2,1H3/t9-,11-,12+/m1/s1. The van der Waals surface area contributed by atoms with Crippen molar-refractivity contribution in [3.8, 4) is 0 Å². The van der Waals surface area contributed by atoms with Crippen LogP contribution in [0.15, 0.2) is 30.3 Å². The Balaban J connectivity index is 1.90. The molecule has 0 radical (unpaired) electrons. The fraction of sp³-hybridized carbons (Fsp3) is 0.462. The van der Waals surface area contributed by atoms with Gasteiger partial charge in [0, 0.05) is 5.25 Å². The van der Waals surface area contributed by atoms with Crippen molar-refractivity contribution in [1.29, 1.82) is 5.41 Å². The van der Waals surface area contributed by atoms with Crippen LogP contribution in [0.4, 0.5) is 0 Å². The van der Waals surface area contributed by atoms with Crippen molar-refractivity contribution in [1.82, 2.24) is 4.90 Å². The van der Waals surface area contributed by atoms with E-state index in [9.17, 15) is 8.42 Å². The molecule has 0 saturated carbocycles. The number of nitrogens with one attached hydrogen (secondary N) is 1. The van der Waals surface area contributed by atoms with Crippen molar-refractivity contribution in [2.75, 3.05) is 11.5 Å². The van der Waals surface area contributed by atoms with Gasteiger partial charge in [0.2, 0.25) is 0 Å². The first-order valence-electron chi connectivity index (χ1n) is 6.27. The van der Waals surface area contributed by atoms with Crippen LogP contribution < -0.4 is 0 Å². The van der Waals surface area contributed by atoms with Crippen LogP contribution in [0.1, 0.15) is 18.5 Å². The average molecular weight is 296 g/mol. The van der Waals surface area contributed by atoms with E-state index in [0.717, 1.165) is 5.56 Å². The maximum absolute atomic E-state index is 11.7. The van der Waals surface area contributed by atoms with Crippen LogP contribution >= 0.6 is 11.8 Å². The van der Waals surface area contributed by atoms with Crippen LogP contribution in [0.25, 0.3) is 0 Å². The highest BCUT2D eigenvalue weighted by Gasteiger charge is 2.49. The molecule has 3 atom stereocenters. The van der Waals surface area contributed by atoms with E-state index < -0.39 is 9.84 Å². The smallest absolute Gasteiger partial charge is 0.157 e. The zero-order chi connectivity index (χ0) is 13.6. The predicted molar refractivity (Wildman–Crippen MR) is 78.2 cm³/mol. The van der Waals surface area contributed by atoms with Crippen LogP contribution in [-0.2, 0) is 9.84 Å². The van der Waals surface area contributed by atoms with Crippen LogP contribution in [0.5, 0.6) is 0 Å². The van der Waals surface area contributed by atoms with Gasteiger partial charge in [-0.2, -0.15) is 0 Å². The van der Waals surface area contributed by atoms with Crippen molar-refractivity contribution in [3.05, 3.63) is 35.9 Å². The van der Waals surface area contributed by atoms with Gasteiger partial charge in [-0.25, -0.2) is 8.42 Å². The second-order valence-electron chi connectivity index (χ2n) is 5.10. The monoisotopic (exact) mass is 296 g/mol. The Morgan fingerprint density at radius 1 is 1.32 bits per heavy atom. The van der Waals surface area contributed by atoms with Crippen molar-refractivity contribution >= 4 is 26.8 Å². The summed E-state index contributed by atoms with van der Waals surface area (Å²) in [5, 5.41) is 8.64. The molecule has 1 N–H and O–H groups in total. The number of fused-ring (bicyclic) bond motifs is 1. The molecule has 19 heavy (non-hydrogen) atoms. The number of nitrogens with zero attached hydrogens (tertiary/aromatic N) is 1. The third-order valence-corrected chi connectivity index (χ3v) is 6.97. The minimum Gasteiger partial charge on any atom is -0.340 e.